The first-order chi connectivity index (χ1) is 12.2. The summed E-state index contributed by atoms with van der Waals surface area (Å²) in [6.07, 6.45) is 1.22. The van der Waals surface area contributed by atoms with Crippen LogP contribution in [0.5, 0.6) is 0 Å². The molecule has 2 unspecified atom stereocenters. The molecule has 0 amide bonds. The third-order valence-electron chi connectivity index (χ3n) is 4.30. The second-order valence-corrected chi connectivity index (χ2v) is 8.00. The number of hydrogen-bond acceptors (Lipinski definition) is 7. The summed E-state index contributed by atoms with van der Waals surface area (Å²) in [4.78, 5) is 22.4. The van der Waals surface area contributed by atoms with Gasteiger partial charge in [-0.3, -0.25) is 10.1 Å². The summed E-state index contributed by atoms with van der Waals surface area (Å²) < 4.78 is 32.9. The zero-order valence-electron chi connectivity index (χ0n) is 15.4. The Bertz CT molecular complexity index is 815. The number of halogens is 1. The number of sulfonamides is 1. The molecule has 2 atom stereocenters. The van der Waals surface area contributed by atoms with E-state index in [1.54, 1.807) is 6.92 Å². The lowest BCUT2D eigenvalue weighted by atomic mass is 10.0. The highest BCUT2D eigenvalue weighted by Crippen LogP contribution is 2.27. The molecule has 11 heteroatoms. The van der Waals surface area contributed by atoms with Crippen molar-refractivity contribution < 1.29 is 22.9 Å². The van der Waals surface area contributed by atoms with E-state index in [0.29, 0.717) is 19.4 Å². The number of hydrogen-bond donors (Lipinski definition) is 2. The average Bonchev–Trinajstić information content (AvgIpc) is 2.54. The Labute approximate surface area is 164 Å². The fourth-order valence-electron chi connectivity index (χ4n) is 2.97. The third-order valence-corrected chi connectivity index (χ3v) is 5.80. The van der Waals surface area contributed by atoms with Crippen LogP contribution >= 0.6 is 12.4 Å². The molecule has 1 fully saturated rings. The SMILES string of the molecule is CCOC(=O)c1cc(S(=O)(=O)NC2CCNC(C)C2)cc([N+](=O)[O-])c1C.Cl. The van der Waals surface area contributed by atoms with Crippen molar-refractivity contribution in [3.05, 3.63) is 33.4 Å². The van der Waals surface area contributed by atoms with Crippen LogP contribution in [0.2, 0.25) is 0 Å². The maximum absolute atomic E-state index is 12.7. The molecule has 1 aliphatic heterocycles. The van der Waals surface area contributed by atoms with E-state index in [9.17, 15) is 23.3 Å². The molecule has 0 bridgehead atoms. The van der Waals surface area contributed by atoms with Gasteiger partial charge in [0.25, 0.3) is 5.69 Å². The maximum atomic E-state index is 12.7. The molecule has 0 aliphatic carbocycles. The summed E-state index contributed by atoms with van der Waals surface area (Å²) in [7, 11) is -4.02. The van der Waals surface area contributed by atoms with E-state index in [4.69, 9.17) is 4.74 Å². The largest absolute Gasteiger partial charge is 0.462 e. The number of benzene rings is 1. The van der Waals surface area contributed by atoms with Crippen LogP contribution in [0.4, 0.5) is 5.69 Å². The zero-order valence-corrected chi connectivity index (χ0v) is 17.0. The van der Waals surface area contributed by atoms with Crippen LogP contribution in [0.15, 0.2) is 17.0 Å². The summed E-state index contributed by atoms with van der Waals surface area (Å²) >= 11 is 0. The van der Waals surface area contributed by atoms with Crippen LogP contribution in [-0.2, 0) is 14.8 Å². The molecule has 1 aromatic carbocycles. The second kappa shape index (κ2) is 9.45. The van der Waals surface area contributed by atoms with E-state index in [2.05, 4.69) is 10.0 Å². The second-order valence-electron chi connectivity index (χ2n) is 6.29. The van der Waals surface area contributed by atoms with Crippen LogP contribution in [0.25, 0.3) is 0 Å². The predicted molar refractivity (Wildman–Crippen MR) is 102 cm³/mol. The number of esters is 1. The summed E-state index contributed by atoms with van der Waals surface area (Å²) in [5.41, 5.74) is -0.488. The smallest absolute Gasteiger partial charge is 0.338 e. The van der Waals surface area contributed by atoms with Crippen LogP contribution in [0.3, 0.4) is 0 Å². The fraction of sp³-hybridized carbons (Fsp3) is 0.562. The number of nitro benzene ring substituents is 1. The molecule has 9 nitrogen and oxygen atoms in total. The first-order valence-corrected chi connectivity index (χ1v) is 9.86. The Morgan fingerprint density at radius 2 is 2.11 bits per heavy atom. The summed E-state index contributed by atoms with van der Waals surface area (Å²) in [6.45, 7) is 5.70. The van der Waals surface area contributed by atoms with Crippen molar-refractivity contribution in [1.29, 1.82) is 0 Å². The molecule has 2 rings (SSSR count). The van der Waals surface area contributed by atoms with Gasteiger partial charge in [0.15, 0.2) is 0 Å². The van der Waals surface area contributed by atoms with Crippen LogP contribution < -0.4 is 10.0 Å². The van der Waals surface area contributed by atoms with Gasteiger partial charge < -0.3 is 10.1 Å². The Balaban J connectivity index is 0.00000364. The number of nitrogens with zero attached hydrogens (tertiary/aromatic N) is 1. The quantitative estimate of drug-likeness (QED) is 0.408. The first kappa shape index (κ1) is 23.3. The molecule has 1 aliphatic rings. The molecule has 0 aromatic heterocycles. The van der Waals surface area contributed by atoms with Crippen LogP contribution in [0, 0.1) is 17.0 Å². The summed E-state index contributed by atoms with van der Waals surface area (Å²) in [5, 5.41) is 14.5. The number of piperidine rings is 1. The molecule has 2 N–H and O–H groups in total. The van der Waals surface area contributed by atoms with Crippen molar-refractivity contribution in [1.82, 2.24) is 10.0 Å². The van der Waals surface area contributed by atoms with Crippen molar-refractivity contribution in [3.63, 3.8) is 0 Å². The minimum absolute atomic E-state index is 0. The van der Waals surface area contributed by atoms with E-state index in [1.165, 1.54) is 6.92 Å². The molecule has 27 heavy (non-hydrogen) atoms. The Morgan fingerprint density at radius 1 is 1.44 bits per heavy atom. The minimum atomic E-state index is -4.02. The van der Waals surface area contributed by atoms with Crippen LogP contribution in [0.1, 0.15) is 42.6 Å². The Hall–Kier alpha value is -1.75. The van der Waals surface area contributed by atoms with Crippen molar-refractivity contribution in [2.45, 2.75) is 50.6 Å². The molecular formula is C16H24ClN3O6S. The van der Waals surface area contributed by atoms with E-state index in [1.807, 2.05) is 6.92 Å². The van der Waals surface area contributed by atoms with Gasteiger partial charge in [-0.05, 0) is 46.2 Å². The van der Waals surface area contributed by atoms with Crippen molar-refractivity contribution in [3.8, 4) is 0 Å². The molecule has 0 radical (unpaired) electrons. The van der Waals surface area contributed by atoms with Gasteiger partial charge in [0.05, 0.1) is 22.0 Å². The van der Waals surface area contributed by atoms with Crippen molar-refractivity contribution in [2.75, 3.05) is 13.2 Å². The van der Waals surface area contributed by atoms with Crippen LogP contribution in [-0.4, -0.2) is 44.5 Å². The Morgan fingerprint density at radius 3 is 2.67 bits per heavy atom. The van der Waals surface area contributed by atoms with E-state index >= 15 is 0 Å². The summed E-state index contributed by atoms with van der Waals surface area (Å²) in [6, 6.07) is 2.00. The minimum Gasteiger partial charge on any atom is -0.462 e. The topological polar surface area (TPSA) is 128 Å². The maximum Gasteiger partial charge on any atom is 0.338 e. The van der Waals surface area contributed by atoms with Crippen molar-refractivity contribution >= 4 is 34.1 Å². The number of nitrogens with one attached hydrogen (secondary N) is 2. The monoisotopic (exact) mass is 421 g/mol. The van der Waals surface area contributed by atoms with E-state index in [-0.39, 0.29) is 47.1 Å². The van der Waals surface area contributed by atoms with Gasteiger partial charge in [-0.15, -0.1) is 12.4 Å². The molecule has 152 valence electrons. The van der Waals surface area contributed by atoms with Gasteiger partial charge in [0, 0.05) is 23.7 Å². The summed E-state index contributed by atoms with van der Waals surface area (Å²) in [5.74, 6) is -0.791. The van der Waals surface area contributed by atoms with Gasteiger partial charge in [-0.2, -0.15) is 0 Å². The predicted octanol–water partition coefficient (Wildman–Crippen LogP) is 1.92. The van der Waals surface area contributed by atoms with E-state index < -0.39 is 26.6 Å². The number of carbonyl (C=O) groups is 1. The van der Waals surface area contributed by atoms with Gasteiger partial charge in [-0.1, -0.05) is 0 Å². The number of ether oxygens (including phenoxy) is 1. The van der Waals surface area contributed by atoms with Gasteiger partial charge in [0.1, 0.15) is 0 Å². The molecule has 1 saturated heterocycles. The highest BCUT2D eigenvalue weighted by atomic mass is 35.5. The molecular weight excluding hydrogens is 398 g/mol. The lowest BCUT2D eigenvalue weighted by Gasteiger charge is -2.28. The standard InChI is InChI=1S/C16H23N3O6S.ClH/c1-4-25-16(20)14-8-13(9-15(11(14)3)19(21)22)26(23,24)18-12-5-6-17-10(2)7-12;/h8-10,12,17-18H,4-7H2,1-3H3;1H. The highest BCUT2D eigenvalue weighted by molar-refractivity contribution is 7.89. The zero-order chi connectivity index (χ0) is 19.5. The number of nitro groups is 1. The molecule has 1 heterocycles. The average molecular weight is 422 g/mol. The highest BCUT2D eigenvalue weighted by Gasteiger charge is 2.29. The third kappa shape index (κ3) is 5.61. The molecule has 0 saturated carbocycles. The Kier molecular flexibility index (Phi) is 8.15. The van der Waals surface area contributed by atoms with Gasteiger partial charge >= 0.3 is 5.97 Å². The van der Waals surface area contributed by atoms with Crippen molar-refractivity contribution in [2.24, 2.45) is 0 Å². The van der Waals surface area contributed by atoms with E-state index in [0.717, 1.165) is 12.1 Å². The lowest BCUT2D eigenvalue weighted by Crippen LogP contribution is -2.46. The molecule has 0 spiro atoms. The van der Waals surface area contributed by atoms with Gasteiger partial charge in [-0.25, -0.2) is 17.9 Å². The number of carbonyl (C=O) groups excluding carboxylic acids is 1. The first-order valence-electron chi connectivity index (χ1n) is 8.37. The fourth-order valence-corrected chi connectivity index (χ4v) is 4.29. The van der Waals surface area contributed by atoms with Gasteiger partial charge in [0.2, 0.25) is 10.0 Å². The normalized spacial score (nSPS) is 19.8. The molecule has 1 aromatic rings. The lowest BCUT2D eigenvalue weighted by molar-refractivity contribution is -0.385. The number of rotatable bonds is 6.